The van der Waals surface area contributed by atoms with E-state index in [2.05, 4.69) is 4.74 Å². The second-order valence-corrected chi connectivity index (χ2v) is 5.95. The van der Waals surface area contributed by atoms with Gasteiger partial charge in [-0.1, -0.05) is 12.1 Å². The van der Waals surface area contributed by atoms with Gasteiger partial charge in [-0.3, -0.25) is 4.79 Å². The fourth-order valence-electron chi connectivity index (χ4n) is 2.54. The summed E-state index contributed by atoms with van der Waals surface area (Å²) >= 11 is 0. The smallest absolute Gasteiger partial charge is 0.449 e. The first-order valence-electron chi connectivity index (χ1n) is 8.46. The molecule has 6 nitrogen and oxygen atoms in total. The van der Waals surface area contributed by atoms with Gasteiger partial charge in [0.2, 0.25) is 11.2 Å². The largest absolute Gasteiger partial charge is 0.513 e. The van der Waals surface area contributed by atoms with E-state index in [4.69, 9.17) is 13.9 Å². The van der Waals surface area contributed by atoms with E-state index in [1.807, 2.05) is 0 Å². The Morgan fingerprint density at radius 3 is 2.52 bits per heavy atom. The summed E-state index contributed by atoms with van der Waals surface area (Å²) in [4.78, 5) is 24.1. The number of rotatable bonds is 4. The van der Waals surface area contributed by atoms with Crippen LogP contribution in [0.2, 0.25) is 0 Å². The Bertz CT molecular complexity index is 1120. The van der Waals surface area contributed by atoms with E-state index in [9.17, 15) is 22.8 Å². The molecule has 2 aromatic carbocycles. The van der Waals surface area contributed by atoms with Crippen LogP contribution >= 0.6 is 0 Å². The number of alkyl halides is 3. The fraction of sp³-hybridized carbons (Fsp3) is 0.200. The first kappa shape index (κ1) is 20.2. The van der Waals surface area contributed by atoms with E-state index < -0.39 is 34.9 Å². The Kier molecular flexibility index (Phi) is 5.49. The summed E-state index contributed by atoms with van der Waals surface area (Å²) in [5.41, 5.74) is -0.689. The van der Waals surface area contributed by atoms with Crippen molar-refractivity contribution in [2.24, 2.45) is 0 Å². The number of hydrogen-bond donors (Lipinski definition) is 0. The molecule has 0 aliphatic heterocycles. The highest BCUT2D eigenvalue weighted by molar-refractivity contribution is 5.80. The Morgan fingerprint density at radius 2 is 1.86 bits per heavy atom. The van der Waals surface area contributed by atoms with Crippen LogP contribution in [0.3, 0.4) is 0 Å². The van der Waals surface area contributed by atoms with Crippen molar-refractivity contribution in [2.45, 2.75) is 20.0 Å². The molecule has 3 aromatic rings. The Morgan fingerprint density at radius 1 is 1.10 bits per heavy atom. The maximum atomic E-state index is 13.5. The van der Waals surface area contributed by atoms with Gasteiger partial charge in [-0.05, 0) is 43.7 Å². The lowest BCUT2D eigenvalue weighted by Crippen LogP contribution is -2.16. The maximum absolute atomic E-state index is 13.5. The van der Waals surface area contributed by atoms with Crippen molar-refractivity contribution in [3.63, 3.8) is 0 Å². The molecule has 3 rings (SSSR count). The highest BCUT2D eigenvalue weighted by Gasteiger charge is 2.40. The molecule has 0 radical (unpaired) electrons. The monoisotopic (exact) mass is 408 g/mol. The molecule has 152 valence electrons. The van der Waals surface area contributed by atoms with Gasteiger partial charge in [0.25, 0.3) is 5.76 Å². The van der Waals surface area contributed by atoms with Gasteiger partial charge in [-0.25, -0.2) is 4.79 Å². The van der Waals surface area contributed by atoms with Crippen LogP contribution in [-0.4, -0.2) is 12.8 Å². The number of carbonyl (C=O) groups is 1. The highest BCUT2D eigenvalue weighted by Crippen LogP contribution is 2.38. The molecule has 0 aliphatic rings. The molecule has 0 saturated heterocycles. The van der Waals surface area contributed by atoms with Gasteiger partial charge in [0, 0.05) is 6.07 Å². The van der Waals surface area contributed by atoms with E-state index in [0.29, 0.717) is 0 Å². The molecule has 0 amide bonds. The van der Waals surface area contributed by atoms with E-state index in [1.54, 1.807) is 26.0 Å². The van der Waals surface area contributed by atoms with Crippen molar-refractivity contribution >= 4 is 17.1 Å². The quantitative estimate of drug-likeness (QED) is 0.422. The third-order valence-corrected chi connectivity index (χ3v) is 3.75. The van der Waals surface area contributed by atoms with Gasteiger partial charge in [-0.15, -0.1) is 0 Å². The van der Waals surface area contributed by atoms with Crippen LogP contribution in [0.15, 0.2) is 51.7 Å². The number of fused-ring (bicyclic) bond motifs is 1. The average molecular weight is 408 g/mol. The van der Waals surface area contributed by atoms with Crippen molar-refractivity contribution in [1.29, 1.82) is 0 Å². The van der Waals surface area contributed by atoms with Crippen LogP contribution in [0.4, 0.5) is 18.0 Å². The topological polar surface area (TPSA) is 75.0 Å². The van der Waals surface area contributed by atoms with E-state index >= 15 is 0 Å². The van der Waals surface area contributed by atoms with Gasteiger partial charge in [0.05, 0.1) is 12.0 Å². The Balaban J connectivity index is 2.12. The van der Waals surface area contributed by atoms with Gasteiger partial charge >= 0.3 is 12.3 Å². The highest BCUT2D eigenvalue weighted by atomic mass is 19.4. The fourth-order valence-corrected chi connectivity index (χ4v) is 2.54. The van der Waals surface area contributed by atoms with Crippen molar-refractivity contribution in [2.75, 3.05) is 6.61 Å². The SMILES string of the molecule is CCOC(=O)Oc1ccc2c(=O)c(Oc3cccc(C)c3)c(C(F)(F)F)oc2c1. The number of carbonyl (C=O) groups excluding carboxylic acids is 1. The number of aryl methyl sites for hydroxylation is 1. The minimum Gasteiger partial charge on any atom is -0.449 e. The van der Waals surface area contributed by atoms with Gasteiger partial charge in [0.15, 0.2) is 0 Å². The predicted molar refractivity (Wildman–Crippen MR) is 96.4 cm³/mol. The Hall–Kier alpha value is -3.49. The normalized spacial score (nSPS) is 11.3. The van der Waals surface area contributed by atoms with Crippen molar-refractivity contribution < 1.29 is 36.6 Å². The summed E-state index contributed by atoms with van der Waals surface area (Å²) in [6, 6.07) is 9.64. The van der Waals surface area contributed by atoms with Gasteiger partial charge in [-0.2, -0.15) is 13.2 Å². The molecule has 0 unspecified atom stereocenters. The molecule has 0 aliphatic carbocycles. The lowest BCUT2D eigenvalue weighted by atomic mass is 10.2. The molecule has 9 heteroatoms. The number of benzene rings is 2. The molecule has 1 heterocycles. The summed E-state index contributed by atoms with van der Waals surface area (Å²) in [6.07, 6.45) is -6.03. The van der Waals surface area contributed by atoms with Crippen molar-refractivity contribution in [3.05, 3.63) is 64.0 Å². The lowest BCUT2D eigenvalue weighted by molar-refractivity contribution is -0.154. The van der Waals surface area contributed by atoms with Crippen molar-refractivity contribution in [1.82, 2.24) is 0 Å². The molecule has 0 N–H and O–H groups in total. The Labute approximate surface area is 162 Å². The number of hydrogen-bond acceptors (Lipinski definition) is 6. The summed E-state index contributed by atoms with van der Waals surface area (Å²) in [7, 11) is 0. The van der Waals surface area contributed by atoms with Crippen LogP contribution in [0.5, 0.6) is 17.2 Å². The summed E-state index contributed by atoms with van der Waals surface area (Å²) < 4.78 is 60.2. The number of ether oxygens (including phenoxy) is 3. The van der Waals surface area contributed by atoms with Crippen LogP contribution in [0.25, 0.3) is 11.0 Å². The van der Waals surface area contributed by atoms with Crippen LogP contribution in [-0.2, 0) is 10.9 Å². The van der Waals surface area contributed by atoms with Crippen LogP contribution in [0, 0.1) is 6.92 Å². The van der Waals surface area contributed by atoms with Crippen molar-refractivity contribution in [3.8, 4) is 17.2 Å². The van der Waals surface area contributed by atoms with E-state index in [-0.39, 0.29) is 23.5 Å². The van der Waals surface area contributed by atoms with Gasteiger partial charge in [0.1, 0.15) is 17.1 Å². The minimum atomic E-state index is -5.00. The third kappa shape index (κ3) is 4.50. The van der Waals surface area contributed by atoms with Gasteiger partial charge < -0.3 is 18.6 Å². The maximum Gasteiger partial charge on any atom is 0.513 e. The molecular weight excluding hydrogens is 393 g/mol. The molecule has 0 saturated carbocycles. The second-order valence-electron chi connectivity index (χ2n) is 5.95. The second kappa shape index (κ2) is 7.86. The molecular formula is C20H15F3O6. The molecule has 0 bridgehead atoms. The van der Waals surface area contributed by atoms with E-state index in [1.165, 1.54) is 24.3 Å². The molecule has 1 aromatic heterocycles. The molecule has 0 spiro atoms. The number of halogens is 3. The summed E-state index contributed by atoms with van der Waals surface area (Å²) in [5.74, 6) is -2.65. The minimum absolute atomic E-state index is 0.0549. The molecule has 29 heavy (non-hydrogen) atoms. The van der Waals surface area contributed by atoms with Crippen LogP contribution in [0.1, 0.15) is 18.2 Å². The molecule has 0 fully saturated rings. The lowest BCUT2D eigenvalue weighted by Gasteiger charge is -2.13. The third-order valence-electron chi connectivity index (χ3n) is 3.75. The predicted octanol–water partition coefficient (Wildman–Crippen LogP) is 5.45. The molecule has 0 atom stereocenters. The average Bonchev–Trinajstić information content (AvgIpc) is 2.63. The van der Waals surface area contributed by atoms with Crippen LogP contribution < -0.4 is 14.9 Å². The summed E-state index contributed by atoms with van der Waals surface area (Å²) in [6.45, 7) is 3.34. The standard InChI is InChI=1S/C20H15F3O6/c1-3-26-19(25)28-13-7-8-14-15(10-13)29-18(20(21,22)23)17(16(14)24)27-12-6-4-5-11(2)9-12/h4-10H,3H2,1-2H3. The summed E-state index contributed by atoms with van der Waals surface area (Å²) in [5, 5.41) is -0.170. The first-order chi connectivity index (χ1) is 13.7. The zero-order valence-electron chi connectivity index (χ0n) is 15.3. The first-order valence-corrected chi connectivity index (χ1v) is 8.46. The zero-order chi connectivity index (χ0) is 21.2. The van der Waals surface area contributed by atoms with E-state index in [0.717, 1.165) is 11.6 Å². The zero-order valence-corrected chi connectivity index (χ0v) is 15.3.